The van der Waals surface area contributed by atoms with Crippen molar-refractivity contribution in [3.05, 3.63) is 73.0 Å². The van der Waals surface area contributed by atoms with Crippen molar-refractivity contribution < 1.29 is 34.1 Å². The van der Waals surface area contributed by atoms with Crippen LogP contribution in [0.3, 0.4) is 0 Å². The van der Waals surface area contributed by atoms with E-state index in [0.717, 1.165) is 65.2 Å². The molecule has 0 radical (unpaired) electrons. The minimum atomic E-state index is -1.35. The van der Waals surface area contributed by atoms with E-state index in [1.165, 1.54) is 64.2 Å². The minimum Gasteiger partial charge on any atom is -0.358 e. The Bertz CT molecular complexity index is 1180. The summed E-state index contributed by atoms with van der Waals surface area (Å²) in [5, 5.41) is 6.52. The molecule has 0 saturated heterocycles. The van der Waals surface area contributed by atoms with Crippen molar-refractivity contribution >= 4 is 33.3 Å². The molecule has 0 amide bonds. The van der Waals surface area contributed by atoms with Gasteiger partial charge in [0.1, 0.15) is 0 Å². The van der Waals surface area contributed by atoms with Crippen LogP contribution in [0, 0.1) is 27.7 Å². The van der Waals surface area contributed by atoms with Crippen molar-refractivity contribution in [2.75, 3.05) is 137 Å². The molecule has 382 valence electrons. The fourth-order valence-electron chi connectivity index (χ4n) is 7.50. The van der Waals surface area contributed by atoms with E-state index in [-0.39, 0.29) is 56.4 Å². The first-order valence-corrected chi connectivity index (χ1v) is 32.2. The topological polar surface area (TPSA) is 25.9 Å². The van der Waals surface area contributed by atoms with Gasteiger partial charge in [0.05, 0.1) is 8.07 Å². The summed E-state index contributed by atoms with van der Waals surface area (Å²) in [4.78, 5) is 9.11. The molecule has 4 aliphatic rings. The molecule has 0 spiro atoms. The molecule has 2 fully saturated rings. The van der Waals surface area contributed by atoms with Gasteiger partial charge in [-0.3, -0.25) is 18.7 Å². The smallest absolute Gasteiger partial charge is 0.358 e. The first-order chi connectivity index (χ1) is 27.8. The van der Waals surface area contributed by atoms with Crippen LogP contribution in [0.4, 0.5) is 0 Å². The third-order valence-corrected chi connectivity index (χ3v) is 20.6. The van der Waals surface area contributed by atoms with Crippen molar-refractivity contribution in [1.29, 1.82) is 0 Å². The molecule has 0 aromatic rings. The number of nitrogens with zero attached hydrogens (tertiary/aromatic N) is 8. The Morgan fingerprint density at radius 3 is 1.16 bits per heavy atom. The summed E-state index contributed by atoms with van der Waals surface area (Å²) in [6, 6.07) is 0. The first-order valence-electron chi connectivity index (χ1n) is 23.3. The zero-order chi connectivity index (χ0) is 44.5. The largest absolute Gasteiger partial charge is 2.00 e. The Morgan fingerprint density at radius 1 is 0.531 bits per heavy atom. The Morgan fingerprint density at radius 2 is 0.859 bits per heavy atom. The molecule has 0 aromatic carbocycles. The monoisotopic (exact) mass is 1050 g/mol. The van der Waals surface area contributed by atoms with E-state index < -0.39 is 33.3 Å². The predicted molar refractivity (Wildman–Crippen MR) is 297 cm³/mol. The van der Waals surface area contributed by atoms with E-state index in [1.54, 1.807) is 21.0 Å². The number of hydrogen-bond donors (Lipinski definition) is 0. The van der Waals surface area contributed by atoms with Crippen molar-refractivity contribution in [3.63, 3.8) is 0 Å². The number of allylic oxidation sites excluding steroid dienone is 8. The Balaban J connectivity index is -0.000000277. The van der Waals surface area contributed by atoms with Gasteiger partial charge in [-0.05, 0) is 101 Å². The first kappa shape index (κ1) is 73.7. The van der Waals surface area contributed by atoms with E-state index in [4.69, 9.17) is 0 Å². The molecule has 2 saturated carbocycles. The Hall–Kier alpha value is 0.713. The zero-order valence-corrected chi connectivity index (χ0v) is 51.0. The summed E-state index contributed by atoms with van der Waals surface area (Å²) < 4.78 is 10.3. The number of likely N-dealkylation sites (N-methyl/N-ethyl adjacent to an activating group) is 8. The van der Waals surface area contributed by atoms with Crippen LogP contribution < -0.4 is 0 Å². The molecule has 0 aromatic heterocycles. The Kier molecular flexibility index (Phi) is 47.8. The van der Waals surface area contributed by atoms with Gasteiger partial charge < -0.3 is 34.5 Å². The molecule has 14 heteroatoms. The second-order valence-electron chi connectivity index (χ2n) is 19.6. The van der Waals surface area contributed by atoms with E-state index >= 15 is 0 Å². The van der Waals surface area contributed by atoms with Gasteiger partial charge >= 0.3 is 34.1 Å². The third-order valence-electron chi connectivity index (χ3n) is 11.2. The van der Waals surface area contributed by atoms with Gasteiger partial charge in [0.2, 0.25) is 0 Å². The van der Waals surface area contributed by atoms with Crippen LogP contribution in [0.2, 0.25) is 32.7 Å². The van der Waals surface area contributed by atoms with Crippen LogP contribution in [0.1, 0.15) is 84.5 Å². The van der Waals surface area contributed by atoms with Gasteiger partial charge in [0, 0.05) is 61.2 Å². The number of hydrogen-bond acceptors (Lipinski definition) is 8. The zero-order valence-electron chi connectivity index (χ0n) is 44.9. The van der Waals surface area contributed by atoms with Gasteiger partial charge in [0.25, 0.3) is 0 Å². The summed E-state index contributed by atoms with van der Waals surface area (Å²) >= 11 is 0. The molecule has 0 aliphatic heterocycles. The molecule has 0 unspecified atom stereocenters. The van der Waals surface area contributed by atoms with Crippen molar-refractivity contribution in [2.45, 2.75) is 117 Å². The van der Waals surface area contributed by atoms with E-state index in [0.29, 0.717) is 0 Å². The predicted octanol–water partition coefficient (Wildman–Crippen LogP) is 11.7. The van der Waals surface area contributed by atoms with Crippen LogP contribution in [0.25, 0.3) is 0 Å². The van der Waals surface area contributed by atoms with Gasteiger partial charge in [-0.2, -0.15) is 0 Å². The van der Waals surface area contributed by atoms with E-state index in [9.17, 15) is 0 Å². The van der Waals surface area contributed by atoms with Crippen molar-refractivity contribution in [1.82, 2.24) is 38.3 Å². The molecule has 64 heavy (non-hydrogen) atoms. The maximum Gasteiger partial charge on any atom is 2.00 e. The van der Waals surface area contributed by atoms with Gasteiger partial charge in [0.15, 0.2) is 0 Å². The summed E-state index contributed by atoms with van der Waals surface area (Å²) in [7, 11) is 23.4. The third kappa shape index (κ3) is 31.8. The fourth-order valence-corrected chi connectivity index (χ4v) is 17.5. The van der Waals surface area contributed by atoms with Gasteiger partial charge in [-0.25, -0.2) is 24.1 Å². The van der Waals surface area contributed by atoms with Crippen LogP contribution in [0.15, 0.2) is 45.3 Å². The van der Waals surface area contributed by atoms with E-state index in [2.05, 4.69) is 193 Å². The Labute approximate surface area is 430 Å². The number of rotatable bonds is 20. The summed E-state index contributed by atoms with van der Waals surface area (Å²) in [6.45, 7) is 21.2. The van der Waals surface area contributed by atoms with E-state index in [1.807, 2.05) is 0 Å². The van der Waals surface area contributed by atoms with Crippen LogP contribution in [-0.2, 0) is 34.1 Å². The summed E-state index contributed by atoms with van der Waals surface area (Å²) in [6.07, 6.45) is 31.7. The molecule has 0 atom stereocenters. The quantitative estimate of drug-likeness (QED) is 0.0676. The minimum absolute atomic E-state index is 0. The van der Waals surface area contributed by atoms with Crippen LogP contribution >= 0.6 is 16.4 Å². The molecule has 4 aliphatic carbocycles. The molecular formula is C50H108Fe2N8P2Si2. The molecule has 0 N–H and O–H groups in total. The van der Waals surface area contributed by atoms with Crippen molar-refractivity contribution in [2.24, 2.45) is 0 Å². The second-order valence-corrected chi connectivity index (χ2v) is 32.4. The summed E-state index contributed by atoms with van der Waals surface area (Å²) in [5.74, 6) is 0. The molecule has 0 heterocycles. The SMILES string of the molecule is C.C1CCCC1.C1CCCC1.CN(C)CCN(C)P(C1=C([SiH](C)C)[CH-]CC=C1)N(C)CCN(C)C.CN(C)CCN(C)P(C1=C[CH-]CC=C1[Si](C)(C)C)N(C)CCN(C)C.[CH3-].[CH3-].[Fe+2].[Fe+2]. The van der Waals surface area contributed by atoms with Crippen LogP contribution in [-0.4, -0.2) is 192 Å². The second kappa shape index (κ2) is 41.5. The maximum absolute atomic E-state index is 2.59. The van der Waals surface area contributed by atoms with Crippen molar-refractivity contribution in [3.8, 4) is 0 Å². The van der Waals surface area contributed by atoms with Gasteiger partial charge in [-0.15, -0.1) is 34.1 Å². The molecule has 0 bridgehead atoms. The maximum atomic E-state index is 2.59. The average molecular weight is 1050 g/mol. The standard InChI is InChI=1S/C19H40N4PSi.C18H38N4PSi.2C5H10.CH4.2CH3.2Fe/c1-20(2)14-16-22(5)24(23(6)17-15-21(3)4)18-12-10-11-13-19(18)25(7,8)9;1-19(2)13-15-21(5)23(22(6)16-14-20(3)4)17-11-9-10-12-18(17)24(7)8;2*1-2-4-5-3-1;;;;;/h10,12-13H,11,14-17H2,1-9H3;9,11-12,24H,10,13-16H2,1-8H3;2*1-5H2;1H4;2*1H3;;/q2*-1;;;;2*-1;2*+2. The molecular weight excluding hydrogens is 942 g/mol. The fraction of sp³-hybridized carbons (Fsp3) is 0.760. The molecule has 8 nitrogen and oxygen atoms in total. The normalized spacial score (nSPS) is 15.9. The van der Waals surface area contributed by atoms with Crippen LogP contribution in [0.5, 0.6) is 0 Å². The molecule has 4 rings (SSSR count). The average Bonchev–Trinajstić information content (AvgIpc) is 3.96. The summed E-state index contributed by atoms with van der Waals surface area (Å²) in [5.41, 5.74) is 0. The van der Waals surface area contributed by atoms with Gasteiger partial charge in [-0.1, -0.05) is 117 Å².